The summed E-state index contributed by atoms with van der Waals surface area (Å²) in [6.45, 7) is 2.21. The molecule has 0 bridgehead atoms. The number of aliphatic carboxylic acids is 2. The van der Waals surface area contributed by atoms with Gasteiger partial charge in [0.1, 0.15) is 0 Å². The number of hydrogen-bond donors (Lipinski definition) is 2. The molecule has 0 spiro atoms. The van der Waals surface area contributed by atoms with Crippen molar-refractivity contribution in [2.75, 3.05) is 0 Å². The maximum Gasteiger partial charge on any atom is 0.331 e. The summed E-state index contributed by atoms with van der Waals surface area (Å²) in [4.78, 5) is 21.3. The van der Waals surface area contributed by atoms with Gasteiger partial charge in [0.15, 0.2) is 0 Å². The van der Waals surface area contributed by atoms with E-state index in [1.807, 2.05) is 0 Å². The van der Waals surface area contributed by atoms with Crippen LogP contribution in [0.2, 0.25) is 0 Å². The summed E-state index contributed by atoms with van der Waals surface area (Å²) in [6.07, 6.45) is 13.0. The third kappa shape index (κ3) is 15.5. The molecule has 0 unspecified atom stereocenters. The van der Waals surface area contributed by atoms with Crippen LogP contribution in [0.15, 0.2) is 11.6 Å². The first kappa shape index (κ1) is 22.6. The topological polar surface area (TPSA) is 74.6 Å². The summed E-state index contributed by atoms with van der Waals surface area (Å²) in [7, 11) is 0. The Balaban J connectivity index is 0. The Hall–Kier alpha value is -0.697. The van der Waals surface area contributed by atoms with Gasteiger partial charge in [-0.3, -0.25) is 0 Å². The standard InChI is InChI=1S/C16H28O4.Zn/c1-2-3-4-5-6-7-8-9-10-11-12-14(16(19)20)13-15(17)18;/h13H,2-12H2,1H3,(H,17,18)(H,19,20);/b14-13-;. The Morgan fingerprint density at radius 2 is 1.24 bits per heavy atom. The summed E-state index contributed by atoms with van der Waals surface area (Å²) in [5.74, 6) is -2.31. The molecular formula is C16H28O4Zn. The van der Waals surface area contributed by atoms with Crippen molar-refractivity contribution in [1.82, 2.24) is 0 Å². The van der Waals surface area contributed by atoms with E-state index in [9.17, 15) is 9.59 Å². The second-order valence-corrected chi connectivity index (χ2v) is 5.24. The SMILES string of the molecule is CCCCCCCCCCCC/C(=C/C(=O)O)C(=O)O.[Zn]. The van der Waals surface area contributed by atoms with Crippen LogP contribution in [0, 0.1) is 0 Å². The summed E-state index contributed by atoms with van der Waals surface area (Å²) in [6, 6.07) is 0. The summed E-state index contributed by atoms with van der Waals surface area (Å²) < 4.78 is 0. The second kappa shape index (κ2) is 15.7. The molecule has 0 atom stereocenters. The number of unbranched alkanes of at least 4 members (excludes halogenated alkanes) is 9. The normalized spacial score (nSPS) is 11.0. The van der Waals surface area contributed by atoms with Crippen LogP contribution in [0.5, 0.6) is 0 Å². The fraction of sp³-hybridized carbons (Fsp3) is 0.750. The van der Waals surface area contributed by atoms with Crippen LogP contribution in [0.3, 0.4) is 0 Å². The van der Waals surface area contributed by atoms with Crippen molar-refractivity contribution in [3.05, 3.63) is 11.6 Å². The molecule has 0 rings (SSSR count). The van der Waals surface area contributed by atoms with Crippen molar-refractivity contribution in [2.45, 2.75) is 77.6 Å². The minimum Gasteiger partial charge on any atom is -0.478 e. The molecule has 0 aromatic carbocycles. The number of rotatable bonds is 13. The molecule has 2 N–H and O–H groups in total. The molecule has 118 valence electrons. The van der Waals surface area contributed by atoms with Crippen molar-refractivity contribution in [3.63, 3.8) is 0 Å². The van der Waals surface area contributed by atoms with E-state index in [1.165, 1.54) is 44.9 Å². The van der Waals surface area contributed by atoms with Crippen molar-refractivity contribution >= 4 is 11.9 Å². The van der Waals surface area contributed by atoms with Gasteiger partial charge in [-0.05, 0) is 12.8 Å². The predicted molar refractivity (Wildman–Crippen MR) is 79.8 cm³/mol. The Bertz CT molecular complexity index is 313. The zero-order valence-corrected chi connectivity index (χ0v) is 16.2. The van der Waals surface area contributed by atoms with E-state index in [4.69, 9.17) is 10.2 Å². The van der Waals surface area contributed by atoms with Crippen molar-refractivity contribution in [1.29, 1.82) is 0 Å². The molecule has 0 fully saturated rings. The molecule has 5 heteroatoms. The average molecular weight is 350 g/mol. The van der Waals surface area contributed by atoms with Gasteiger partial charge in [0.05, 0.1) is 0 Å². The largest absolute Gasteiger partial charge is 0.478 e. The zero-order valence-electron chi connectivity index (χ0n) is 13.3. The monoisotopic (exact) mass is 348 g/mol. The van der Waals surface area contributed by atoms with Crippen LogP contribution >= 0.6 is 0 Å². The van der Waals surface area contributed by atoms with Gasteiger partial charge in [-0.25, -0.2) is 9.59 Å². The second-order valence-electron chi connectivity index (χ2n) is 5.24. The molecule has 0 radical (unpaired) electrons. The molecule has 0 saturated carbocycles. The molecule has 0 amide bonds. The van der Waals surface area contributed by atoms with Gasteiger partial charge < -0.3 is 10.2 Å². The Morgan fingerprint density at radius 1 is 0.810 bits per heavy atom. The van der Waals surface area contributed by atoms with Gasteiger partial charge in [-0.1, -0.05) is 64.7 Å². The number of hydrogen-bond acceptors (Lipinski definition) is 2. The van der Waals surface area contributed by atoms with Crippen LogP contribution < -0.4 is 0 Å². The minimum absolute atomic E-state index is 0. The number of carboxylic acid groups (broad SMARTS) is 2. The molecule has 0 aliphatic heterocycles. The summed E-state index contributed by atoms with van der Waals surface area (Å²) >= 11 is 0. The fourth-order valence-electron chi connectivity index (χ4n) is 2.19. The number of carboxylic acids is 2. The van der Waals surface area contributed by atoms with Gasteiger partial charge in [0.25, 0.3) is 0 Å². The number of carbonyl (C=O) groups is 2. The Labute approximate surface area is 140 Å². The van der Waals surface area contributed by atoms with E-state index in [1.54, 1.807) is 0 Å². The van der Waals surface area contributed by atoms with E-state index < -0.39 is 11.9 Å². The van der Waals surface area contributed by atoms with E-state index >= 15 is 0 Å². The van der Waals surface area contributed by atoms with Crippen LogP contribution in [0.25, 0.3) is 0 Å². The fourth-order valence-corrected chi connectivity index (χ4v) is 2.19. The van der Waals surface area contributed by atoms with Crippen LogP contribution in [0.4, 0.5) is 0 Å². The van der Waals surface area contributed by atoms with Gasteiger partial charge in [-0.15, -0.1) is 0 Å². The van der Waals surface area contributed by atoms with E-state index in [-0.39, 0.29) is 25.1 Å². The van der Waals surface area contributed by atoms with Crippen molar-refractivity contribution in [2.24, 2.45) is 0 Å². The smallest absolute Gasteiger partial charge is 0.331 e. The molecule has 0 aliphatic rings. The quantitative estimate of drug-likeness (QED) is 0.294. The van der Waals surface area contributed by atoms with Gasteiger partial charge in [-0.2, -0.15) is 0 Å². The molecule has 0 aromatic rings. The third-order valence-corrected chi connectivity index (χ3v) is 3.37. The molecule has 0 heterocycles. The molecule has 0 saturated heterocycles. The summed E-state index contributed by atoms with van der Waals surface area (Å²) in [5.41, 5.74) is -0.00272. The first-order valence-electron chi connectivity index (χ1n) is 7.74. The molecule has 4 nitrogen and oxygen atoms in total. The van der Waals surface area contributed by atoms with Crippen LogP contribution in [-0.4, -0.2) is 22.2 Å². The minimum atomic E-state index is -1.19. The van der Waals surface area contributed by atoms with E-state index in [0.29, 0.717) is 6.42 Å². The predicted octanol–water partition coefficient (Wildman–Crippen LogP) is 4.39. The van der Waals surface area contributed by atoms with Crippen LogP contribution in [0.1, 0.15) is 77.6 Å². The van der Waals surface area contributed by atoms with Crippen molar-refractivity contribution < 1.29 is 39.3 Å². The average Bonchev–Trinajstić information content (AvgIpc) is 2.39. The first-order valence-corrected chi connectivity index (χ1v) is 7.74. The van der Waals surface area contributed by atoms with Crippen LogP contribution in [-0.2, 0) is 29.1 Å². The zero-order chi connectivity index (χ0) is 15.2. The summed E-state index contributed by atoms with van der Waals surface area (Å²) in [5, 5.41) is 17.4. The molecular weight excluding hydrogens is 322 g/mol. The molecule has 0 aliphatic carbocycles. The van der Waals surface area contributed by atoms with Gasteiger partial charge >= 0.3 is 11.9 Å². The Morgan fingerprint density at radius 3 is 1.62 bits per heavy atom. The third-order valence-electron chi connectivity index (χ3n) is 3.37. The molecule has 0 aromatic heterocycles. The first-order chi connectivity index (χ1) is 9.57. The maximum absolute atomic E-state index is 10.8. The van der Waals surface area contributed by atoms with E-state index in [2.05, 4.69) is 6.92 Å². The van der Waals surface area contributed by atoms with Gasteiger partial charge in [0, 0.05) is 31.1 Å². The van der Waals surface area contributed by atoms with Crippen molar-refractivity contribution in [3.8, 4) is 0 Å². The Kier molecular flexibility index (Phi) is 16.9. The maximum atomic E-state index is 10.8. The van der Waals surface area contributed by atoms with Gasteiger partial charge in [0.2, 0.25) is 0 Å². The molecule has 21 heavy (non-hydrogen) atoms. The van der Waals surface area contributed by atoms with E-state index in [0.717, 1.165) is 25.3 Å².